The van der Waals surface area contributed by atoms with Crippen LogP contribution in [-0.2, 0) is 9.59 Å². The first kappa shape index (κ1) is 29.9. The molecule has 1 aromatic heterocycles. The molecule has 1 aliphatic heterocycles. The van der Waals surface area contributed by atoms with Gasteiger partial charge in [-0.2, -0.15) is 0 Å². The Labute approximate surface area is 236 Å². The Morgan fingerprint density at radius 2 is 1.62 bits per heavy atom. The number of hydrogen-bond acceptors (Lipinski definition) is 6. The number of nitrogens with zero attached hydrogens (tertiary/aromatic N) is 3. The zero-order chi connectivity index (χ0) is 28.2. The van der Waals surface area contributed by atoms with Crippen LogP contribution in [-0.4, -0.2) is 39.8 Å². The van der Waals surface area contributed by atoms with Crippen LogP contribution in [0.4, 0.5) is 5.95 Å². The highest BCUT2D eigenvalue weighted by Gasteiger charge is 2.43. The molecule has 5 atom stereocenters. The summed E-state index contributed by atoms with van der Waals surface area (Å²) in [5.74, 6) is 3.68. The summed E-state index contributed by atoms with van der Waals surface area (Å²) in [6, 6.07) is 1.66. The van der Waals surface area contributed by atoms with Gasteiger partial charge in [-0.3, -0.25) is 9.59 Å². The maximum absolute atomic E-state index is 13.5. The predicted molar refractivity (Wildman–Crippen MR) is 158 cm³/mol. The summed E-state index contributed by atoms with van der Waals surface area (Å²) in [5.41, 5.74) is 2.45. The minimum absolute atomic E-state index is 0.0168. The molecule has 1 N–H and O–H groups in total. The lowest BCUT2D eigenvalue weighted by molar-refractivity contribution is -0.119. The highest BCUT2D eigenvalue weighted by Crippen LogP contribution is 2.51. The number of carbonyl (C=O) groups excluding carboxylic acids is 2. The van der Waals surface area contributed by atoms with E-state index in [1.54, 1.807) is 0 Å². The van der Waals surface area contributed by atoms with E-state index in [1.165, 1.54) is 19.3 Å². The van der Waals surface area contributed by atoms with Crippen LogP contribution in [0.3, 0.4) is 0 Å². The van der Waals surface area contributed by atoms with Crippen LogP contribution in [0.2, 0.25) is 0 Å². The summed E-state index contributed by atoms with van der Waals surface area (Å²) in [7, 11) is 0. The van der Waals surface area contributed by atoms with Gasteiger partial charge in [-0.25, -0.2) is 9.97 Å². The molecule has 0 spiro atoms. The van der Waals surface area contributed by atoms with Gasteiger partial charge in [0.25, 0.3) is 0 Å². The van der Waals surface area contributed by atoms with Crippen molar-refractivity contribution in [2.45, 2.75) is 131 Å². The largest absolute Gasteiger partial charge is 0.330 e. The van der Waals surface area contributed by atoms with Gasteiger partial charge >= 0.3 is 0 Å². The van der Waals surface area contributed by atoms with Crippen LogP contribution in [0.1, 0.15) is 122 Å². The monoisotopic (exact) mass is 536 g/mol. The molecule has 1 aromatic rings. The Morgan fingerprint density at radius 1 is 0.974 bits per heavy atom. The molecule has 3 unspecified atom stereocenters. The van der Waals surface area contributed by atoms with Gasteiger partial charge in [-0.1, -0.05) is 20.8 Å². The molecular formula is C33H52N4O2. The topological polar surface area (TPSA) is 87.0 Å². The summed E-state index contributed by atoms with van der Waals surface area (Å²) >= 11 is 0. The fourth-order valence-corrected chi connectivity index (χ4v) is 7.76. The van der Waals surface area contributed by atoms with Gasteiger partial charge < -0.3 is 10.3 Å². The first-order chi connectivity index (χ1) is 18.5. The van der Waals surface area contributed by atoms with E-state index in [0.717, 1.165) is 88.1 Å². The molecule has 1 saturated heterocycles. The third-order valence-corrected chi connectivity index (χ3v) is 9.59. The number of piperidine rings is 1. The average Bonchev–Trinajstić information content (AvgIpc) is 3.09. The molecule has 39 heavy (non-hydrogen) atoms. The standard InChI is InChI=1S/C33H52N4O2/c1-22-18-23(2)36-32(35-22)37-17-7-6-13-30(37)31(39)29(34)21-24-19-25-14-15-26(20-24)28(25)12-8-10-27(38)11-9-16-33(3,4)5/h18,24-26,28,30,34H,6-17,19-21H2,1-5H3/t24-,25-,26?,28?,30?/m1/s1. The fourth-order valence-electron chi connectivity index (χ4n) is 7.76. The molecule has 6 heteroatoms. The Bertz CT molecular complexity index is 995. The van der Waals surface area contributed by atoms with Crippen molar-refractivity contribution in [1.29, 1.82) is 5.41 Å². The van der Waals surface area contributed by atoms with Gasteiger partial charge in [0.15, 0.2) is 5.78 Å². The van der Waals surface area contributed by atoms with E-state index >= 15 is 0 Å². The van der Waals surface area contributed by atoms with E-state index in [-0.39, 0.29) is 11.8 Å². The molecule has 216 valence electrons. The van der Waals surface area contributed by atoms with Gasteiger partial charge in [0.1, 0.15) is 5.78 Å². The quantitative estimate of drug-likeness (QED) is 0.281. The Hall–Kier alpha value is -2.11. The molecular weight excluding hydrogens is 484 g/mol. The normalized spacial score (nSPS) is 27.0. The number of aryl methyl sites for hydroxylation is 2. The smallest absolute Gasteiger partial charge is 0.226 e. The maximum Gasteiger partial charge on any atom is 0.226 e. The number of hydrogen-bond donors (Lipinski definition) is 1. The fraction of sp³-hybridized carbons (Fsp3) is 0.788. The number of nitrogens with one attached hydrogen (secondary N) is 1. The second-order valence-corrected chi connectivity index (χ2v) is 14.1. The third kappa shape index (κ3) is 8.20. The summed E-state index contributed by atoms with van der Waals surface area (Å²) in [5, 5.41) is 8.80. The van der Waals surface area contributed by atoms with Crippen LogP contribution in [0.25, 0.3) is 0 Å². The van der Waals surface area contributed by atoms with E-state index in [0.29, 0.717) is 47.0 Å². The van der Waals surface area contributed by atoms with Gasteiger partial charge in [-0.15, -0.1) is 0 Å². The Morgan fingerprint density at radius 3 is 2.26 bits per heavy atom. The highest BCUT2D eigenvalue weighted by molar-refractivity contribution is 6.41. The minimum atomic E-state index is -0.304. The number of fused-ring (bicyclic) bond motifs is 2. The number of anilines is 1. The first-order valence-corrected chi connectivity index (χ1v) is 15.7. The first-order valence-electron chi connectivity index (χ1n) is 15.7. The molecule has 3 fully saturated rings. The third-order valence-electron chi connectivity index (χ3n) is 9.59. The molecule has 4 rings (SSSR count). The van der Waals surface area contributed by atoms with E-state index in [2.05, 4.69) is 35.6 Å². The second-order valence-electron chi connectivity index (χ2n) is 14.1. The molecule has 6 nitrogen and oxygen atoms in total. The van der Waals surface area contributed by atoms with Crippen LogP contribution in [0.5, 0.6) is 0 Å². The van der Waals surface area contributed by atoms with E-state index < -0.39 is 0 Å². The van der Waals surface area contributed by atoms with E-state index in [4.69, 9.17) is 5.41 Å². The van der Waals surface area contributed by atoms with Crippen molar-refractivity contribution in [1.82, 2.24) is 9.97 Å². The maximum atomic E-state index is 13.5. The van der Waals surface area contributed by atoms with Crippen LogP contribution in [0, 0.1) is 48.3 Å². The van der Waals surface area contributed by atoms with Crippen LogP contribution >= 0.6 is 0 Å². The van der Waals surface area contributed by atoms with Gasteiger partial charge in [-0.05, 0) is 126 Å². The van der Waals surface area contributed by atoms with Crippen molar-refractivity contribution in [3.05, 3.63) is 17.5 Å². The molecule has 0 radical (unpaired) electrons. The van der Waals surface area contributed by atoms with Crippen molar-refractivity contribution >= 4 is 23.2 Å². The van der Waals surface area contributed by atoms with Crippen molar-refractivity contribution in [2.24, 2.45) is 29.1 Å². The summed E-state index contributed by atoms with van der Waals surface area (Å²) in [6.45, 7) is 11.4. The molecule has 2 saturated carbocycles. The molecule has 0 amide bonds. The zero-order valence-electron chi connectivity index (χ0n) is 25.2. The van der Waals surface area contributed by atoms with Gasteiger partial charge in [0.2, 0.25) is 5.95 Å². The van der Waals surface area contributed by atoms with E-state index in [9.17, 15) is 9.59 Å². The Kier molecular flexibility index (Phi) is 9.98. The molecule has 3 aliphatic rings. The second kappa shape index (κ2) is 13.0. The number of ketones is 2. The summed E-state index contributed by atoms with van der Waals surface area (Å²) in [4.78, 5) is 37.3. The number of rotatable bonds is 12. The molecule has 2 bridgehead atoms. The number of Topliss-reactive ketones (excluding diaryl/α,β-unsaturated/α-hetero) is 2. The van der Waals surface area contributed by atoms with Gasteiger partial charge in [0, 0.05) is 30.8 Å². The number of carbonyl (C=O) groups is 2. The zero-order valence-corrected chi connectivity index (χ0v) is 25.2. The van der Waals surface area contributed by atoms with Gasteiger partial charge in [0.05, 0.1) is 11.8 Å². The van der Waals surface area contributed by atoms with Crippen molar-refractivity contribution < 1.29 is 9.59 Å². The SMILES string of the molecule is Cc1cc(C)nc(N2CCCCC2C(=O)C(=N)C[C@H]2CC3CC[C@H](C2)C3CCCC(=O)CCCC(C)(C)C)n1. The predicted octanol–water partition coefficient (Wildman–Crippen LogP) is 7.44. The van der Waals surface area contributed by atoms with Crippen LogP contribution < -0.4 is 4.90 Å². The highest BCUT2D eigenvalue weighted by atomic mass is 16.1. The average molecular weight is 537 g/mol. The van der Waals surface area contributed by atoms with Crippen LogP contribution in [0.15, 0.2) is 6.07 Å². The Balaban J connectivity index is 1.25. The minimum Gasteiger partial charge on any atom is -0.330 e. The number of aromatic nitrogens is 2. The van der Waals surface area contributed by atoms with Crippen molar-refractivity contribution in [2.75, 3.05) is 11.4 Å². The lowest BCUT2D eigenvalue weighted by Crippen LogP contribution is -2.48. The molecule has 2 heterocycles. The lowest BCUT2D eigenvalue weighted by Gasteiger charge is -2.37. The molecule has 2 aliphatic carbocycles. The van der Waals surface area contributed by atoms with Crippen molar-refractivity contribution in [3.8, 4) is 0 Å². The van der Waals surface area contributed by atoms with E-state index in [1.807, 2.05) is 19.9 Å². The summed E-state index contributed by atoms with van der Waals surface area (Å²) < 4.78 is 0. The van der Waals surface area contributed by atoms with Crippen molar-refractivity contribution in [3.63, 3.8) is 0 Å². The lowest BCUT2D eigenvalue weighted by atomic mass is 9.70. The summed E-state index contributed by atoms with van der Waals surface area (Å²) in [6.07, 6.45) is 14.1. The molecule has 0 aromatic carbocycles.